The van der Waals surface area contributed by atoms with E-state index in [0.717, 1.165) is 54.0 Å². The van der Waals surface area contributed by atoms with Crippen molar-refractivity contribution in [2.24, 2.45) is 5.92 Å². The number of fused-ring (bicyclic) bond motifs is 1. The topological polar surface area (TPSA) is 36.4 Å². The minimum atomic E-state index is -0.227. The predicted octanol–water partition coefficient (Wildman–Crippen LogP) is 6.58. The molecule has 0 aliphatic heterocycles. The fraction of sp³-hybridized carbons (Fsp3) is 0.400. The Hall–Kier alpha value is -3.14. The van der Waals surface area contributed by atoms with E-state index in [2.05, 4.69) is 67.8 Å². The molecule has 1 aliphatic carbocycles. The number of carbonyl (C=O) groups excluding carboxylic acids is 1. The standard InChI is InChI=1S/C30H39N3O/c1-7-10-27(18-13-22(3)8-2)33(21-24-15-19-26(20-16-24)32(5)6)30(34)28-12-9-11-25-17-14-23(4)31-29(25)28/h7,10,13-20,22,28H,1,8-9,11-12,21H2,2-6H3/b18-13-,27-10+. The Balaban J connectivity index is 2.01. The van der Waals surface area contributed by atoms with Gasteiger partial charge < -0.3 is 9.80 Å². The normalized spacial score (nSPS) is 16.7. The van der Waals surface area contributed by atoms with E-state index < -0.39 is 0 Å². The van der Waals surface area contributed by atoms with E-state index in [1.165, 1.54) is 5.56 Å². The fourth-order valence-corrected chi connectivity index (χ4v) is 4.31. The molecule has 2 aromatic rings. The molecule has 1 aromatic carbocycles. The monoisotopic (exact) mass is 457 g/mol. The van der Waals surface area contributed by atoms with Crippen molar-refractivity contribution in [3.8, 4) is 0 Å². The molecule has 3 rings (SSSR count). The zero-order chi connectivity index (χ0) is 24.7. The van der Waals surface area contributed by atoms with Crippen LogP contribution in [0.1, 0.15) is 61.5 Å². The molecule has 0 fully saturated rings. The molecule has 180 valence electrons. The van der Waals surface area contributed by atoms with Crippen LogP contribution in [-0.4, -0.2) is 29.9 Å². The molecular formula is C30H39N3O. The maximum Gasteiger partial charge on any atom is 0.236 e. The molecule has 1 amide bonds. The van der Waals surface area contributed by atoms with Gasteiger partial charge in [0, 0.05) is 31.2 Å². The van der Waals surface area contributed by atoms with Gasteiger partial charge in [-0.15, -0.1) is 0 Å². The van der Waals surface area contributed by atoms with Crippen molar-refractivity contribution in [3.63, 3.8) is 0 Å². The Morgan fingerprint density at radius 3 is 2.59 bits per heavy atom. The molecule has 0 bridgehead atoms. The van der Waals surface area contributed by atoms with Gasteiger partial charge >= 0.3 is 0 Å². The van der Waals surface area contributed by atoms with E-state index in [1.807, 2.05) is 38.1 Å². The van der Waals surface area contributed by atoms with E-state index in [0.29, 0.717) is 12.5 Å². The lowest BCUT2D eigenvalue weighted by atomic mass is 9.85. The third-order valence-corrected chi connectivity index (χ3v) is 6.62. The Labute approximate surface area is 205 Å². The number of nitrogens with zero attached hydrogens (tertiary/aromatic N) is 3. The van der Waals surface area contributed by atoms with Crippen molar-refractivity contribution in [1.82, 2.24) is 9.88 Å². The lowest BCUT2D eigenvalue weighted by Crippen LogP contribution is -2.35. The summed E-state index contributed by atoms with van der Waals surface area (Å²) in [5, 5.41) is 0. The molecule has 4 heteroatoms. The zero-order valence-electron chi connectivity index (χ0n) is 21.4. The van der Waals surface area contributed by atoms with Crippen LogP contribution in [0.3, 0.4) is 0 Å². The number of aryl methyl sites for hydroxylation is 2. The number of benzene rings is 1. The highest BCUT2D eigenvalue weighted by Gasteiger charge is 2.32. The molecular weight excluding hydrogens is 418 g/mol. The summed E-state index contributed by atoms with van der Waals surface area (Å²) in [6.45, 7) is 10.8. The summed E-state index contributed by atoms with van der Waals surface area (Å²) in [7, 11) is 4.07. The lowest BCUT2D eigenvalue weighted by molar-refractivity contribution is -0.131. The number of allylic oxidation sites excluding steroid dienone is 4. The molecule has 1 aromatic heterocycles. The van der Waals surface area contributed by atoms with Gasteiger partial charge in [0.2, 0.25) is 5.91 Å². The molecule has 0 N–H and O–H groups in total. The zero-order valence-corrected chi connectivity index (χ0v) is 21.4. The predicted molar refractivity (Wildman–Crippen MR) is 143 cm³/mol. The average Bonchev–Trinajstić information content (AvgIpc) is 2.84. The second-order valence-corrected chi connectivity index (χ2v) is 9.50. The summed E-state index contributed by atoms with van der Waals surface area (Å²) in [5.41, 5.74) is 6.22. The smallest absolute Gasteiger partial charge is 0.236 e. The first kappa shape index (κ1) is 25.5. The van der Waals surface area contributed by atoms with Crippen LogP contribution in [0.4, 0.5) is 5.69 Å². The van der Waals surface area contributed by atoms with Crippen LogP contribution in [-0.2, 0) is 17.8 Å². The number of hydrogen-bond donors (Lipinski definition) is 0. The molecule has 2 atom stereocenters. The third kappa shape index (κ3) is 6.25. The quantitative estimate of drug-likeness (QED) is 0.399. The van der Waals surface area contributed by atoms with Gasteiger partial charge in [0.25, 0.3) is 0 Å². The number of rotatable bonds is 9. The molecule has 0 radical (unpaired) electrons. The molecule has 0 saturated heterocycles. The summed E-state index contributed by atoms with van der Waals surface area (Å²) in [4.78, 5) is 23.0. The van der Waals surface area contributed by atoms with Crippen LogP contribution in [0, 0.1) is 12.8 Å². The van der Waals surface area contributed by atoms with Crippen LogP contribution in [0.5, 0.6) is 0 Å². The van der Waals surface area contributed by atoms with Crippen molar-refractivity contribution in [2.45, 2.75) is 58.9 Å². The summed E-state index contributed by atoms with van der Waals surface area (Å²) in [6, 6.07) is 12.6. The van der Waals surface area contributed by atoms with Gasteiger partial charge in [-0.1, -0.05) is 57.2 Å². The number of anilines is 1. The molecule has 1 aliphatic rings. The van der Waals surface area contributed by atoms with Gasteiger partial charge in [-0.3, -0.25) is 9.78 Å². The van der Waals surface area contributed by atoms with E-state index in [4.69, 9.17) is 4.98 Å². The molecule has 1 heterocycles. The molecule has 2 unspecified atom stereocenters. The van der Waals surface area contributed by atoms with Crippen LogP contribution < -0.4 is 4.90 Å². The second kappa shape index (κ2) is 11.8. The Morgan fingerprint density at radius 2 is 1.94 bits per heavy atom. The van der Waals surface area contributed by atoms with E-state index in [9.17, 15) is 4.79 Å². The minimum absolute atomic E-state index is 0.109. The second-order valence-electron chi connectivity index (χ2n) is 9.50. The Bertz CT molecular complexity index is 1050. The van der Waals surface area contributed by atoms with Gasteiger partial charge in [-0.05, 0) is 73.6 Å². The average molecular weight is 458 g/mol. The Morgan fingerprint density at radius 1 is 1.21 bits per heavy atom. The van der Waals surface area contributed by atoms with E-state index >= 15 is 0 Å². The maximum absolute atomic E-state index is 14.2. The van der Waals surface area contributed by atoms with Crippen molar-refractivity contribution >= 4 is 11.6 Å². The number of carbonyl (C=O) groups is 1. The van der Waals surface area contributed by atoms with Crippen LogP contribution in [0.25, 0.3) is 0 Å². The van der Waals surface area contributed by atoms with Crippen molar-refractivity contribution in [1.29, 1.82) is 0 Å². The first-order valence-corrected chi connectivity index (χ1v) is 12.4. The Kier molecular flexibility index (Phi) is 8.86. The molecule has 0 saturated carbocycles. The third-order valence-electron chi connectivity index (χ3n) is 6.62. The highest BCUT2D eigenvalue weighted by Crippen LogP contribution is 2.33. The van der Waals surface area contributed by atoms with Crippen LogP contribution in [0.2, 0.25) is 0 Å². The van der Waals surface area contributed by atoms with Crippen molar-refractivity contribution in [3.05, 3.63) is 95.5 Å². The summed E-state index contributed by atoms with van der Waals surface area (Å²) >= 11 is 0. The highest BCUT2D eigenvalue weighted by molar-refractivity contribution is 5.86. The molecule has 0 spiro atoms. The van der Waals surface area contributed by atoms with Crippen LogP contribution in [0.15, 0.2) is 73.0 Å². The number of hydrogen-bond acceptors (Lipinski definition) is 3. The van der Waals surface area contributed by atoms with Gasteiger partial charge in [-0.2, -0.15) is 0 Å². The minimum Gasteiger partial charge on any atom is -0.378 e. The highest BCUT2D eigenvalue weighted by atomic mass is 16.2. The number of amides is 1. The lowest BCUT2D eigenvalue weighted by Gasteiger charge is -2.31. The summed E-state index contributed by atoms with van der Waals surface area (Å²) in [6.07, 6.45) is 11.8. The molecule has 4 nitrogen and oxygen atoms in total. The van der Waals surface area contributed by atoms with E-state index in [-0.39, 0.29) is 11.8 Å². The SMILES string of the molecule is C=C/C=C(\C=C/C(C)CC)N(Cc1ccc(N(C)C)cc1)C(=O)C1CCCc2ccc(C)nc21. The maximum atomic E-state index is 14.2. The number of pyridine rings is 1. The largest absolute Gasteiger partial charge is 0.378 e. The van der Waals surface area contributed by atoms with Crippen molar-refractivity contribution < 1.29 is 4.79 Å². The van der Waals surface area contributed by atoms with Gasteiger partial charge in [0.05, 0.1) is 18.2 Å². The van der Waals surface area contributed by atoms with Gasteiger partial charge in [0.15, 0.2) is 0 Å². The molecule has 34 heavy (non-hydrogen) atoms. The van der Waals surface area contributed by atoms with E-state index in [1.54, 1.807) is 6.08 Å². The summed E-state index contributed by atoms with van der Waals surface area (Å²) in [5.74, 6) is 0.316. The number of aromatic nitrogens is 1. The first-order valence-electron chi connectivity index (χ1n) is 12.4. The fourth-order valence-electron chi connectivity index (χ4n) is 4.31. The van der Waals surface area contributed by atoms with Crippen molar-refractivity contribution in [2.75, 3.05) is 19.0 Å². The van der Waals surface area contributed by atoms with Gasteiger partial charge in [-0.25, -0.2) is 0 Å². The van der Waals surface area contributed by atoms with Gasteiger partial charge in [0.1, 0.15) is 0 Å². The summed E-state index contributed by atoms with van der Waals surface area (Å²) < 4.78 is 0. The van der Waals surface area contributed by atoms with Crippen LogP contribution >= 0.6 is 0 Å². The first-order chi connectivity index (χ1) is 16.3.